The number of carbonyl (C=O) groups is 1. The fourth-order valence-corrected chi connectivity index (χ4v) is 2.40. The van der Waals surface area contributed by atoms with Crippen molar-refractivity contribution in [3.63, 3.8) is 0 Å². The lowest BCUT2D eigenvalue weighted by Crippen LogP contribution is -2.13. The van der Waals surface area contributed by atoms with Gasteiger partial charge in [0.15, 0.2) is 5.82 Å². The molecule has 2 aromatic carbocycles. The van der Waals surface area contributed by atoms with Gasteiger partial charge in [-0.1, -0.05) is 30.3 Å². The summed E-state index contributed by atoms with van der Waals surface area (Å²) in [5.74, 6) is -1.67. The van der Waals surface area contributed by atoms with Crippen LogP contribution in [0.15, 0.2) is 54.7 Å². The average Bonchev–Trinajstić information content (AvgIpc) is 2.55. The number of anilines is 1. The van der Waals surface area contributed by atoms with E-state index < -0.39 is 11.6 Å². The molecule has 3 aromatic rings. The van der Waals surface area contributed by atoms with Crippen LogP contribution < -0.4 is 5.32 Å². The quantitative estimate of drug-likeness (QED) is 0.788. The van der Waals surface area contributed by atoms with Gasteiger partial charge in [-0.15, -0.1) is 0 Å². The first-order valence-corrected chi connectivity index (χ1v) is 7.21. The van der Waals surface area contributed by atoms with Gasteiger partial charge in [0.25, 0.3) is 0 Å². The number of amides is 1. The zero-order valence-electron chi connectivity index (χ0n) is 12.2. The molecular weight excluding hydrogens is 298 g/mol. The van der Waals surface area contributed by atoms with Gasteiger partial charge < -0.3 is 5.32 Å². The lowest BCUT2D eigenvalue weighted by molar-refractivity contribution is -0.116. The number of aryl methyl sites for hydroxylation is 1. The Kier molecular flexibility index (Phi) is 4.28. The maximum Gasteiger partial charge on any atom is 0.224 e. The molecule has 116 valence electrons. The molecule has 23 heavy (non-hydrogen) atoms. The van der Waals surface area contributed by atoms with Crippen molar-refractivity contribution in [1.82, 2.24) is 4.98 Å². The molecule has 1 N–H and O–H groups in total. The summed E-state index contributed by atoms with van der Waals surface area (Å²) >= 11 is 0. The number of hydrogen-bond acceptors (Lipinski definition) is 2. The third kappa shape index (κ3) is 3.51. The van der Waals surface area contributed by atoms with Crippen LogP contribution in [0.25, 0.3) is 10.9 Å². The summed E-state index contributed by atoms with van der Waals surface area (Å²) < 4.78 is 27.1. The first-order valence-electron chi connectivity index (χ1n) is 7.21. The SMILES string of the molecule is O=C(CCc1ccccc1)Nc1ccnc2c(F)cc(F)cc12. The van der Waals surface area contributed by atoms with Crippen LogP contribution in [0, 0.1) is 11.6 Å². The summed E-state index contributed by atoms with van der Waals surface area (Å²) in [6, 6.07) is 13.1. The highest BCUT2D eigenvalue weighted by Crippen LogP contribution is 2.25. The molecule has 1 heterocycles. The van der Waals surface area contributed by atoms with Crippen LogP contribution >= 0.6 is 0 Å². The molecule has 1 aromatic heterocycles. The zero-order chi connectivity index (χ0) is 16.2. The van der Waals surface area contributed by atoms with E-state index in [-0.39, 0.29) is 23.2 Å². The Morgan fingerprint density at radius 3 is 2.65 bits per heavy atom. The Balaban J connectivity index is 1.77. The highest BCUT2D eigenvalue weighted by Gasteiger charge is 2.11. The topological polar surface area (TPSA) is 42.0 Å². The van der Waals surface area contributed by atoms with Crippen LogP contribution in [0.4, 0.5) is 14.5 Å². The highest BCUT2D eigenvalue weighted by molar-refractivity contribution is 6.00. The van der Waals surface area contributed by atoms with Crippen molar-refractivity contribution in [3.8, 4) is 0 Å². The van der Waals surface area contributed by atoms with Crippen LogP contribution in [0.5, 0.6) is 0 Å². The average molecular weight is 312 g/mol. The van der Waals surface area contributed by atoms with E-state index in [2.05, 4.69) is 10.3 Å². The van der Waals surface area contributed by atoms with Crippen LogP contribution in [0.1, 0.15) is 12.0 Å². The molecule has 1 amide bonds. The van der Waals surface area contributed by atoms with Crippen molar-refractivity contribution in [2.75, 3.05) is 5.32 Å². The largest absolute Gasteiger partial charge is 0.325 e. The fourth-order valence-electron chi connectivity index (χ4n) is 2.40. The number of nitrogens with zero attached hydrogens (tertiary/aromatic N) is 1. The molecule has 0 aliphatic heterocycles. The van der Waals surface area contributed by atoms with Crippen LogP contribution in [0.2, 0.25) is 0 Å². The number of hydrogen-bond donors (Lipinski definition) is 1. The predicted octanol–water partition coefficient (Wildman–Crippen LogP) is 4.08. The van der Waals surface area contributed by atoms with Gasteiger partial charge in [-0.25, -0.2) is 8.78 Å². The van der Waals surface area contributed by atoms with Gasteiger partial charge in [0.2, 0.25) is 5.91 Å². The van der Waals surface area contributed by atoms with Gasteiger partial charge in [0.1, 0.15) is 11.3 Å². The second-order valence-electron chi connectivity index (χ2n) is 5.18. The van der Waals surface area contributed by atoms with Gasteiger partial charge in [-0.3, -0.25) is 9.78 Å². The van der Waals surface area contributed by atoms with E-state index in [1.807, 2.05) is 30.3 Å². The Bertz CT molecular complexity index is 850. The number of benzene rings is 2. The first-order chi connectivity index (χ1) is 11.1. The van der Waals surface area contributed by atoms with Gasteiger partial charge in [0, 0.05) is 24.1 Å². The second kappa shape index (κ2) is 6.52. The van der Waals surface area contributed by atoms with Gasteiger partial charge in [-0.05, 0) is 24.1 Å². The Hall–Kier alpha value is -2.82. The van der Waals surface area contributed by atoms with Gasteiger partial charge >= 0.3 is 0 Å². The molecular formula is C18H14F2N2O. The molecule has 0 bridgehead atoms. The minimum absolute atomic E-state index is 0.0345. The molecule has 0 spiro atoms. The lowest BCUT2D eigenvalue weighted by Gasteiger charge is -2.09. The molecule has 3 rings (SSSR count). The predicted molar refractivity (Wildman–Crippen MR) is 85.1 cm³/mol. The molecule has 3 nitrogen and oxygen atoms in total. The molecule has 0 aliphatic rings. The summed E-state index contributed by atoms with van der Waals surface area (Å²) in [5, 5.41) is 2.95. The molecule has 0 saturated heterocycles. The van der Waals surface area contributed by atoms with Crippen LogP contribution in [-0.2, 0) is 11.2 Å². The third-order valence-corrected chi connectivity index (χ3v) is 3.52. The van der Waals surface area contributed by atoms with Crippen molar-refractivity contribution >= 4 is 22.5 Å². The number of rotatable bonds is 4. The maximum atomic E-state index is 13.7. The minimum Gasteiger partial charge on any atom is -0.325 e. The van der Waals surface area contributed by atoms with Crippen molar-refractivity contribution < 1.29 is 13.6 Å². The number of aromatic nitrogens is 1. The second-order valence-corrected chi connectivity index (χ2v) is 5.18. The summed E-state index contributed by atoms with van der Waals surface area (Å²) in [6.45, 7) is 0. The summed E-state index contributed by atoms with van der Waals surface area (Å²) in [4.78, 5) is 16.0. The lowest BCUT2D eigenvalue weighted by atomic mass is 10.1. The molecule has 5 heteroatoms. The molecule has 0 atom stereocenters. The minimum atomic E-state index is -0.750. The fraction of sp³-hybridized carbons (Fsp3) is 0.111. The van der Waals surface area contributed by atoms with E-state index >= 15 is 0 Å². The normalized spacial score (nSPS) is 10.7. The summed E-state index contributed by atoms with van der Waals surface area (Å²) in [5.41, 5.74) is 1.44. The number of halogens is 2. The molecule has 0 aliphatic carbocycles. The smallest absolute Gasteiger partial charge is 0.224 e. The Morgan fingerprint density at radius 1 is 1.09 bits per heavy atom. The van der Waals surface area contributed by atoms with Crippen LogP contribution in [0.3, 0.4) is 0 Å². The molecule has 0 fully saturated rings. The van der Waals surface area contributed by atoms with E-state index in [9.17, 15) is 13.6 Å². The first kappa shape index (κ1) is 15.1. The molecule has 0 saturated carbocycles. The van der Waals surface area contributed by atoms with E-state index in [1.165, 1.54) is 12.3 Å². The van der Waals surface area contributed by atoms with Gasteiger partial charge in [0.05, 0.1) is 5.69 Å². The zero-order valence-corrected chi connectivity index (χ0v) is 12.2. The highest BCUT2D eigenvalue weighted by atomic mass is 19.1. The summed E-state index contributed by atoms with van der Waals surface area (Å²) in [6.07, 6.45) is 2.26. The van der Waals surface area contributed by atoms with Crippen molar-refractivity contribution in [3.05, 3.63) is 71.9 Å². The standard InChI is InChI=1S/C18H14F2N2O/c19-13-10-14-16(8-9-21-18(14)15(20)11-13)22-17(23)7-6-12-4-2-1-3-5-12/h1-5,8-11H,6-7H2,(H,21,22,23). The number of fused-ring (bicyclic) bond motifs is 1. The monoisotopic (exact) mass is 312 g/mol. The van der Waals surface area contributed by atoms with E-state index in [1.54, 1.807) is 0 Å². The number of carbonyl (C=O) groups excluding carboxylic acids is 1. The maximum absolute atomic E-state index is 13.7. The van der Waals surface area contributed by atoms with Crippen molar-refractivity contribution in [1.29, 1.82) is 0 Å². The van der Waals surface area contributed by atoms with Gasteiger partial charge in [-0.2, -0.15) is 0 Å². The summed E-state index contributed by atoms with van der Waals surface area (Å²) in [7, 11) is 0. The molecule has 0 radical (unpaired) electrons. The van der Waals surface area contributed by atoms with Crippen molar-refractivity contribution in [2.24, 2.45) is 0 Å². The number of nitrogens with one attached hydrogen (secondary N) is 1. The van der Waals surface area contributed by atoms with E-state index in [0.29, 0.717) is 12.1 Å². The third-order valence-electron chi connectivity index (χ3n) is 3.52. The Morgan fingerprint density at radius 2 is 1.87 bits per heavy atom. The van der Waals surface area contributed by atoms with Crippen LogP contribution in [-0.4, -0.2) is 10.9 Å². The van der Waals surface area contributed by atoms with Crippen molar-refractivity contribution in [2.45, 2.75) is 12.8 Å². The number of pyridine rings is 1. The van der Waals surface area contributed by atoms with E-state index in [0.717, 1.165) is 17.7 Å². The van der Waals surface area contributed by atoms with E-state index in [4.69, 9.17) is 0 Å². The molecule has 0 unspecified atom stereocenters. The Labute approximate surface area is 132 Å².